The number of sulfone groups is 1. The van der Waals surface area contributed by atoms with Crippen molar-refractivity contribution in [2.75, 3.05) is 6.26 Å². The lowest BCUT2D eigenvalue weighted by molar-refractivity contribution is -0.0413. The van der Waals surface area contributed by atoms with E-state index in [0.29, 0.717) is 12.8 Å². The molecular formula is C10H18O3S. The molecule has 2 unspecified atom stereocenters. The fraction of sp³-hybridized carbons (Fsp3) is 1.00. The van der Waals surface area contributed by atoms with Crippen LogP contribution in [0.5, 0.6) is 0 Å². The zero-order valence-electron chi connectivity index (χ0n) is 8.57. The Morgan fingerprint density at radius 1 is 1.21 bits per heavy atom. The Labute approximate surface area is 85.4 Å². The third kappa shape index (κ3) is 1.48. The summed E-state index contributed by atoms with van der Waals surface area (Å²) in [6.07, 6.45) is 6.58. The molecule has 2 fully saturated rings. The van der Waals surface area contributed by atoms with Crippen LogP contribution in [0.4, 0.5) is 0 Å². The minimum Gasteiger partial charge on any atom is -0.388 e. The van der Waals surface area contributed by atoms with Crippen LogP contribution < -0.4 is 0 Å². The Morgan fingerprint density at radius 3 is 2.29 bits per heavy atom. The molecule has 0 saturated heterocycles. The van der Waals surface area contributed by atoms with Gasteiger partial charge in [-0.1, -0.05) is 6.42 Å². The number of hydrogen-bond donors (Lipinski definition) is 1. The van der Waals surface area contributed by atoms with Gasteiger partial charge in [0.1, 0.15) is 0 Å². The van der Waals surface area contributed by atoms with E-state index in [-0.39, 0.29) is 5.92 Å². The predicted molar refractivity (Wildman–Crippen MR) is 54.8 cm³/mol. The molecule has 1 N–H and O–H groups in total. The van der Waals surface area contributed by atoms with E-state index >= 15 is 0 Å². The molecule has 0 heterocycles. The summed E-state index contributed by atoms with van der Waals surface area (Å²) in [5.74, 6) is 0.240. The molecule has 0 aromatic rings. The zero-order chi connectivity index (χ0) is 10.4. The smallest absolute Gasteiger partial charge is 0.153 e. The molecule has 2 aliphatic carbocycles. The van der Waals surface area contributed by atoms with Gasteiger partial charge in [0.15, 0.2) is 9.84 Å². The van der Waals surface area contributed by atoms with Crippen LogP contribution in [0.3, 0.4) is 0 Å². The summed E-state index contributed by atoms with van der Waals surface area (Å²) in [7, 11) is -3.08. The van der Waals surface area contributed by atoms with Crippen molar-refractivity contribution in [2.45, 2.75) is 49.4 Å². The van der Waals surface area contributed by atoms with Gasteiger partial charge in [-0.3, -0.25) is 0 Å². The second-order valence-electron chi connectivity index (χ2n) is 4.83. The molecule has 2 rings (SSSR count). The van der Waals surface area contributed by atoms with Crippen LogP contribution in [-0.2, 0) is 9.84 Å². The van der Waals surface area contributed by atoms with Gasteiger partial charge in [-0.2, -0.15) is 0 Å². The maximum Gasteiger partial charge on any atom is 0.153 e. The highest BCUT2D eigenvalue weighted by molar-refractivity contribution is 7.91. The molecule has 0 spiro atoms. The highest BCUT2D eigenvalue weighted by atomic mass is 32.2. The Kier molecular flexibility index (Phi) is 2.39. The van der Waals surface area contributed by atoms with Crippen LogP contribution in [0.1, 0.15) is 38.5 Å². The third-order valence-corrected chi connectivity index (χ3v) is 5.61. The van der Waals surface area contributed by atoms with Crippen molar-refractivity contribution in [2.24, 2.45) is 5.92 Å². The van der Waals surface area contributed by atoms with E-state index in [1.54, 1.807) is 0 Å². The van der Waals surface area contributed by atoms with Gasteiger partial charge in [0.2, 0.25) is 0 Å². The van der Waals surface area contributed by atoms with Gasteiger partial charge >= 0.3 is 0 Å². The largest absolute Gasteiger partial charge is 0.388 e. The summed E-state index contributed by atoms with van der Waals surface area (Å²) in [5, 5.41) is 9.93. The summed E-state index contributed by atoms with van der Waals surface area (Å²) in [6, 6.07) is 0. The second kappa shape index (κ2) is 3.20. The highest BCUT2D eigenvalue weighted by Crippen LogP contribution is 2.47. The van der Waals surface area contributed by atoms with Crippen LogP contribution in [0.2, 0.25) is 0 Å². The standard InChI is InChI=1S/C10H18O3S/c1-14(12,13)9-6-3-7-10(9,11)8-4-2-5-8/h8-9,11H,2-7H2,1H3. The van der Waals surface area contributed by atoms with Crippen LogP contribution in [0.15, 0.2) is 0 Å². The number of hydrogen-bond acceptors (Lipinski definition) is 3. The minimum atomic E-state index is -3.08. The first-order chi connectivity index (χ1) is 6.44. The molecule has 0 amide bonds. The molecule has 2 aliphatic rings. The molecule has 0 bridgehead atoms. The van der Waals surface area contributed by atoms with Crippen LogP contribution in [-0.4, -0.2) is 30.6 Å². The first-order valence-corrected chi connectivity index (χ1v) is 7.31. The van der Waals surface area contributed by atoms with Crippen LogP contribution in [0.25, 0.3) is 0 Å². The van der Waals surface area contributed by atoms with Crippen molar-refractivity contribution < 1.29 is 13.5 Å². The summed E-state index contributed by atoms with van der Waals surface area (Å²) in [6.45, 7) is 0. The quantitative estimate of drug-likeness (QED) is 0.755. The monoisotopic (exact) mass is 218 g/mol. The van der Waals surface area contributed by atoms with E-state index in [9.17, 15) is 13.5 Å². The van der Waals surface area contributed by atoms with Crippen molar-refractivity contribution in [3.8, 4) is 0 Å². The first-order valence-electron chi connectivity index (χ1n) is 5.36. The lowest BCUT2D eigenvalue weighted by atomic mass is 9.72. The fourth-order valence-electron chi connectivity index (χ4n) is 2.94. The van der Waals surface area contributed by atoms with Gasteiger partial charge in [0, 0.05) is 6.26 Å². The Bertz CT molecular complexity index is 318. The van der Waals surface area contributed by atoms with Crippen molar-refractivity contribution >= 4 is 9.84 Å². The van der Waals surface area contributed by atoms with Gasteiger partial charge in [-0.25, -0.2) is 8.42 Å². The SMILES string of the molecule is CS(=O)(=O)C1CCCC1(O)C1CCC1. The Hall–Kier alpha value is -0.0900. The molecule has 0 aromatic heterocycles. The predicted octanol–water partition coefficient (Wildman–Crippen LogP) is 1.11. The van der Waals surface area contributed by atoms with Crippen LogP contribution >= 0.6 is 0 Å². The van der Waals surface area contributed by atoms with E-state index in [1.165, 1.54) is 6.26 Å². The summed E-state index contributed by atoms with van der Waals surface area (Å²) in [4.78, 5) is 0. The van der Waals surface area contributed by atoms with Crippen molar-refractivity contribution in [1.82, 2.24) is 0 Å². The van der Waals surface area contributed by atoms with Gasteiger partial charge in [0.25, 0.3) is 0 Å². The molecule has 0 aliphatic heterocycles. The average Bonchev–Trinajstić information content (AvgIpc) is 2.25. The van der Waals surface area contributed by atoms with Crippen molar-refractivity contribution in [3.05, 3.63) is 0 Å². The molecule has 0 aromatic carbocycles. The van der Waals surface area contributed by atoms with Gasteiger partial charge < -0.3 is 5.11 Å². The van der Waals surface area contributed by atoms with Gasteiger partial charge in [0.05, 0.1) is 10.9 Å². The lowest BCUT2D eigenvalue weighted by Gasteiger charge is -2.42. The number of rotatable bonds is 2. The molecule has 82 valence electrons. The van der Waals surface area contributed by atoms with E-state index in [2.05, 4.69) is 0 Å². The fourth-order valence-corrected chi connectivity index (χ4v) is 4.59. The summed E-state index contributed by atoms with van der Waals surface area (Å²) >= 11 is 0. The third-order valence-electron chi connectivity index (χ3n) is 3.93. The molecule has 4 heteroatoms. The molecular weight excluding hydrogens is 200 g/mol. The van der Waals surface area contributed by atoms with Gasteiger partial charge in [-0.15, -0.1) is 0 Å². The minimum absolute atomic E-state index is 0.240. The maximum absolute atomic E-state index is 11.5. The highest BCUT2D eigenvalue weighted by Gasteiger charge is 2.52. The number of aliphatic hydroxyl groups is 1. The Morgan fingerprint density at radius 2 is 1.86 bits per heavy atom. The van der Waals surface area contributed by atoms with Crippen LogP contribution in [0, 0.1) is 5.92 Å². The molecule has 2 atom stereocenters. The topological polar surface area (TPSA) is 54.4 Å². The first kappa shape index (κ1) is 10.4. The second-order valence-corrected chi connectivity index (χ2v) is 7.06. The van der Waals surface area contributed by atoms with E-state index in [4.69, 9.17) is 0 Å². The molecule has 0 radical (unpaired) electrons. The maximum atomic E-state index is 11.5. The average molecular weight is 218 g/mol. The molecule has 14 heavy (non-hydrogen) atoms. The zero-order valence-corrected chi connectivity index (χ0v) is 9.39. The summed E-state index contributed by atoms with van der Waals surface area (Å²) in [5.41, 5.74) is -0.897. The summed E-state index contributed by atoms with van der Waals surface area (Å²) < 4.78 is 23.1. The van der Waals surface area contributed by atoms with Crippen molar-refractivity contribution in [3.63, 3.8) is 0 Å². The van der Waals surface area contributed by atoms with E-state index < -0.39 is 20.7 Å². The normalized spacial score (nSPS) is 39.7. The Balaban J connectivity index is 2.24. The van der Waals surface area contributed by atoms with E-state index in [1.807, 2.05) is 0 Å². The van der Waals surface area contributed by atoms with Crippen molar-refractivity contribution in [1.29, 1.82) is 0 Å². The molecule has 2 saturated carbocycles. The van der Waals surface area contributed by atoms with Gasteiger partial charge in [-0.05, 0) is 38.0 Å². The molecule has 3 nitrogen and oxygen atoms in total. The lowest BCUT2D eigenvalue weighted by Crippen LogP contribution is -2.50. The van der Waals surface area contributed by atoms with E-state index in [0.717, 1.165) is 25.7 Å².